The van der Waals surface area contributed by atoms with Crippen LogP contribution in [0.15, 0.2) is 382 Å². The van der Waals surface area contributed by atoms with Gasteiger partial charge in [-0.05, 0) is 149 Å². The SMILES string of the molecule is O=C(Nc1ccc(CO)cc1)c1cc2ccccc2c(N=Nc2c(-c3ccccn3)cnn2-c2ccccc2)c1O.[C-]#[N+]c1cnn(-c2ncccn2)c1N=Nc1c(O)c(C(=O)Nc2cccc(C)n2)cc2ccccc12.[C-]#[N+]c1cnn(-c2ncccn2)c1N=Nc1c(O)c(C(=O)Nc2cccnc2)cc2ccccc12.[C-]#[N+]c1cnn(-c2ncccn2)c1N=Nc1c(O)c(C(=O)Nc2cccnc2C(N)=O)cc2ccccc12. The van der Waals surface area contributed by atoms with Crippen molar-refractivity contribution in [2.24, 2.45) is 46.6 Å². The van der Waals surface area contributed by atoms with Gasteiger partial charge in [0.15, 0.2) is 52.0 Å². The zero-order valence-corrected chi connectivity index (χ0v) is 77.9. The maximum absolute atomic E-state index is 13.3. The zero-order valence-electron chi connectivity index (χ0n) is 77.9. The second-order valence-electron chi connectivity index (χ2n) is 31.6. The molecule has 0 bridgehead atoms. The summed E-state index contributed by atoms with van der Waals surface area (Å²) >= 11 is 0. The maximum atomic E-state index is 13.3. The number of aromatic nitrogens is 18. The average molecular weight is 1980 g/mol. The molecule has 0 saturated heterocycles. The van der Waals surface area contributed by atoms with Crippen molar-refractivity contribution in [3.8, 4) is 57.8 Å². The molecule has 5 amide bonds. The summed E-state index contributed by atoms with van der Waals surface area (Å²) in [6, 6.07) is 73.2. The normalized spacial score (nSPS) is 11.0. The number of pyridine rings is 4. The van der Waals surface area contributed by atoms with E-state index in [0.717, 1.165) is 16.9 Å². The van der Waals surface area contributed by atoms with Crippen LogP contribution in [0.4, 0.5) is 86.0 Å². The highest BCUT2D eigenvalue weighted by Crippen LogP contribution is 2.47. The minimum Gasteiger partial charge on any atom is -0.505 e. The molecule has 44 heteroatoms. The Morgan fingerprint density at radius 1 is 0.353 bits per heavy atom. The molecule has 0 unspecified atom stereocenters. The minimum atomic E-state index is -0.826. The lowest BCUT2D eigenvalue weighted by molar-refractivity contribution is 0.0991. The highest BCUT2D eigenvalue weighted by molar-refractivity contribution is 6.16. The fourth-order valence-corrected chi connectivity index (χ4v) is 15.0. The molecule has 11 heterocycles. The van der Waals surface area contributed by atoms with E-state index in [2.05, 4.69) is 147 Å². The van der Waals surface area contributed by atoms with Gasteiger partial charge in [-0.25, -0.2) is 59.1 Å². The first kappa shape index (κ1) is 97.5. The number of phenols is 4. The van der Waals surface area contributed by atoms with Gasteiger partial charge in [0, 0.05) is 88.7 Å². The molecule has 21 aromatic rings. The molecule has 0 fully saturated rings. The van der Waals surface area contributed by atoms with Crippen LogP contribution in [0.1, 0.15) is 63.2 Å². The molecule has 0 spiro atoms. The number of amides is 5. The van der Waals surface area contributed by atoms with E-state index in [1.807, 2.05) is 97.9 Å². The van der Waals surface area contributed by atoms with E-state index in [4.69, 9.17) is 25.5 Å². The van der Waals surface area contributed by atoms with Gasteiger partial charge in [0.1, 0.15) is 28.6 Å². The number of hydrogen-bond donors (Lipinski definition) is 10. The lowest BCUT2D eigenvalue weighted by Gasteiger charge is -2.12. The number of carbonyl (C=O) groups excluding carboxylic acids is 5. The fourth-order valence-electron chi connectivity index (χ4n) is 15.0. The Balaban J connectivity index is 0.000000131. The third-order valence-corrected chi connectivity index (χ3v) is 22.1. The number of aromatic hydroxyl groups is 4. The van der Waals surface area contributed by atoms with Gasteiger partial charge in [-0.1, -0.05) is 140 Å². The van der Waals surface area contributed by atoms with Crippen LogP contribution in [0.3, 0.4) is 0 Å². The van der Waals surface area contributed by atoms with E-state index >= 15 is 0 Å². The van der Waals surface area contributed by atoms with E-state index in [1.165, 1.54) is 100 Å². The number of nitrogens with two attached hydrogens (primary N) is 1. The van der Waals surface area contributed by atoms with Crippen molar-refractivity contribution in [3.63, 3.8) is 0 Å². The van der Waals surface area contributed by atoms with Gasteiger partial charge in [0.25, 0.3) is 64.4 Å². The van der Waals surface area contributed by atoms with Crippen molar-refractivity contribution >= 4 is 159 Å². The number of nitrogens with zero attached hydrogens (tertiary/aromatic N) is 29. The second kappa shape index (κ2) is 44.8. The predicted octanol–water partition coefficient (Wildman–Crippen LogP) is 21.8. The first-order valence-corrected chi connectivity index (χ1v) is 44.7. The highest BCUT2D eigenvalue weighted by atomic mass is 16.3. The van der Waals surface area contributed by atoms with Crippen LogP contribution >= 0.6 is 0 Å². The number of fused-ring (bicyclic) bond motifs is 4. The molecule has 44 nitrogen and oxygen atoms in total. The number of rotatable bonds is 23. The van der Waals surface area contributed by atoms with Crippen LogP contribution < -0.4 is 27.0 Å². The van der Waals surface area contributed by atoms with Crippen molar-refractivity contribution in [1.82, 2.24) is 89.0 Å². The predicted molar refractivity (Wildman–Crippen MR) is 552 cm³/mol. The number of para-hydroxylation sites is 1. The number of anilines is 4. The summed E-state index contributed by atoms with van der Waals surface area (Å²) in [5, 5.41) is 121. The number of aryl methyl sites for hydroxylation is 1. The summed E-state index contributed by atoms with van der Waals surface area (Å²) in [5.41, 5.74) is 10.3. The zero-order chi connectivity index (χ0) is 104. The number of aliphatic hydroxyl groups is 1. The molecule has 0 aliphatic carbocycles. The van der Waals surface area contributed by atoms with Gasteiger partial charge in [0.2, 0.25) is 0 Å². The number of hydrogen-bond acceptors (Lipinski definition) is 32. The molecule has 0 aliphatic heterocycles. The van der Waals surface area contributed by atoms with Crippen LogP contribution in [-0.4, -0.2) is 144 Å². The highest BCUT2D eigenvalue weighted by Gasteiger charge is 2.28. The number of nitrogens with one attached hydrogen (secondary N) is 4. The van der Waals surface area contributed by atoms with Gasteiger partial charge >= 0.3 is 0 Å². The molecule has 150 heavy (non-hydrogen) atoms. The largest absolute Gasteiger partial charge is 0.505 e. The molecule has 10 aromatic carbocycles. The summed E-state index contributed by atoms with van der Waals surface area (Å²) in [5.74, 6) is -3.13. The van der Waals surface area contributed by atoms with Crippen LogP contribution in [0.2, 0.25) is 0 Å². The molecular formula is C106H72N34O10. The fraction of sp³-hybridized carbons (Fsp3) is 0.0189. The first-order chi connectivity index (χ1) is 73.3. The Morgan fingerprint density at radius 2 is 0.740 bits per heavy atom. The molecule has 11 N–H and O–H groups in total. The number of benzene rings is 10. The second-order valence-corrected chi connectivity index (χ2v) is 31.6. The van der Waals surface area contributed by atoms with Crippen LogP contribution in [-0.2, 0) is 6.61 Å². The molecule has 0 radical (unpaired) electrons. The van der Waals surface area contributed by atoms with Crippen molar-refractivity contribution in [2.75, 3.05) is 21.3 Å². The Kier molecular flexibility index (Phi) is 29.1. The number of aliphatic hydroxyl groups excluding tert-OH is 1. The third-order valence-electron chi connectivity index (χ3n) is 22.1. The van der Waals surface area contributed by atoms with E-state index in [9.17, 15) is 49.5 Å². The number of primary amides is 1. The molecule has 0 aliphatic rings. The quantitative estimate of drug-likeness (QED) is 0.0210. The summed E-state index contributed by atoms with van der Waals surface area (Å²) in [7, 11) is 0. The molecular weight excluding hydrogens is 1910 g/mol. The van der Waals surface area contributed by atoms with Crippen molar-refractivity contribution in [2.45, 2.75) is 13.5 Å². The van der Waals surface area contributed by atoms with E-state index in [-0.39, 0.29) is 133 Å². The monoisotopic (exact) mass is 1980 g/mol. The molecule has 11 aromatic heterocycles. The van der Waals surface area contributed by atoms with Crippen molar-refractivity contribution in [1.29, 1.82) is 0 Å². The molecule has 0 atom stereocenters. The van der Waals surface area contributed by atoms with Gasteiger partial charge < -0.3 is 52.5 Å². The van der Waals surface area contributed by atoms with E-state index in [1.54, 1.807) is 169 Å². The van der Waals surface area contributed by atoms with E-state index < -0.39 is 35.3 Å². The van der Waals surface area contributed by atoms with Crippen molar-refractivity contribution < 1.29 is 49.5 Å². The average Bonchev–Trinajstić information content (AvgIpc) is 0.839. The molecule has 726 valence electrons. The van der Waals surface area contributed by atoms with Gasteiger partial charge in [-0.2, -0.15) is 34.4 Å². The minimum absolute atomic E-state index is 0.00346. The topological polar surface area (TPSA) is 573 Å². The van der Waals surface area contributed by atoms with Gasteiger partial charge in [-0.15, -0.1) is 40.9 Å². The summed E-state index contributed by atoms with van der Waals surface area (Å²) in [6.45, 7) is 24.0. The first-order valence-electron chi connectivity index (χ1n) is 44.7. The summed E-state index contributed by atoms with van der Waals surface area (Å²) in [4.78, 5) is 116. The summed E-state index contributed by atoms with van der Waals surface area (Å²) < 4.78 is 5.44. The Morgan fingerprint density at radius 3 is 1.15 bits per heavy atom. The Hall–Kier alpha value is -22.7. The molecule has 0 saturated carbocycles. The smallest absolute Gasteiger partial charge is 0.269 e. The third kappa shape index (κ3) is 21.5. The lowest BCUT2D eigenvalue weighted by atomic mass is 10.0. The van der Waals surface area contributed by atoms with Crippen LogP contribution in [0, 0.1) is 26.6 Å². The number of phenolic OH excluding ortho intramolecular Hbond substituents is 4. The van der Waals surface area contributed by atoms with Crippen LogP contribution in [0.25, 0.3) is 92.4 Å². The summed E-state index contributed by atoms with van der Waals surface area (Å²) in [6.07, 6.45) is 20.9. The Labute approximate surface area is 846 Å². The Bertz CT molecular complexity index is 8930. The van der Waals surface area contributed by atoms with E-state index in [0.29, 0.717) is 77.4 Å². The van der Waals surface area contributed by atoms with Crippen molar-refractivity contribution in [3.05, 3.63) is 415 Å². The molecule has 21 rings (SSSR count). The maximum Gasteiger partial charge on any atom is 0.269 e. The standard InChI is InChI=1S/C32H24N6O3.C25H16N10O3.C25H17N9O2.C24H15N9O2/c39-20-21-13-15-23(16-14-21)35-32(41)26-18-22-8-4-5-11-25(22)29(30(26)40)36-37-31-27(28-12-6-7-17-33-28)19-34-38(31)24-9-2-1-3-10-24;1-27-18-13-31-35(25-29-10-5-11-30-25)23(18)34-33-19-15-7-3-2-6-14(15)12-16(21(19)36)24(38)32-17-8-4-9-28-20(17)22(26)37;1-15-7-5-10-20(30-15)31-24(36)18-13-16-8-3-4-9-17(16)21(22(18)35)32-33-23-19(26-2)14-29-34(23)25-27-11-6-12-28-25;1-25-19-14-29-33(24-27-10-5-11-28-24)22(19)32-31-20-17-8-3-2-6-15(17)12-18(21(20)34)23(35)30-16-7-4-9-26-13-16/h1-19,39-40H,20H2,(H,35,41);2-13,36H,(H2,26,37)(H,32,38);3-14,35H,1H3,(H,30,31,36);2-14,34H,(H,30,35). The number of carbonyl (C=O) groups is 5. The van der Waals surface area contributed by atoms with Crippen LogP contribution in [0.5, 0.6) is 23.0 Å². The van der Waals surface area contributed by atoms with Gasteiger partial charge in [0.05, 0.1) is 108 Å². The van der Waals surface area contributed by atoms with Gasteiger partial charge in [-0.3, -0.25) is 33.9 Å². The number of azo groups is 4. The lowest BCUT2D eigenvalue weighted by Crippen LogP contribution is -2.19.